The Morgan fingerprint density at radius 3 is 2.42 bits per heavy atom. The van der Waals surface area contributed by atoms with E-state index in [-0.39, 0.29) is 12.5 Å². The van der Waals surface area contributed by atoms with Crippen LogP contribution in [0, 0.1) is 6.92 Å². The predicted octanol–water partition coefficient (Wildman–Crippen LogP) is 4.19. The van der Waals surface area contributed by atoms with Crippen LogP contribution >= 0.6 is 0 Å². The van der Waals surface area contributed by atoms with Gasteiger partial charge in [0.05, 0.1) is 6.21 Å². The van der Waals surface area contributed by atoms with Crippen molar-refractivity contribution in [1.29, 1.82) is 0 Å². The standard InChI is InChI=1S/C22H20N2O2/c1-17-11-13-18(14-12-17)15-23-24-22(25)16-26-21-10-6-5-9-20(21)19-7-3-2-4-8-19/h2-15H,16H2,1H3,(H,24,25). The van der Waals surface area contributed by atoms with Gasteiger partial charge in [-0.25, -0.2) is 5.43 Å². The van der Waals surface area contributed by atoms with Crippen LogP contribution in [0.1, 0.15) is 11.1 Å². The van der Waals surface area contributed by atoms with Crippen molar-refractivity contribution in [3.63, 3.8) is 0 Å². The van der Waals surface area contributed by atoms with E-state index in [2.05, 4.69) is 10.5 Å². The fourth-order valence-electron chi connectivity index (χ4n) is 2.46. The van der Waals surface area contributed by atoms with Crippen molar-refractivity contribution in [2.24, 2.45) is 5.10 Å². The SMILES string of the molecule is Cc1ccc(C=NNC(=O)COc2ccccc2-c2ccccc2)cc1. The lowest BCUT2D eigenvalue weighted by atomic mass is 10.1. The van der Waals surface area contributed by atoms with Crippen LogP contribution in [0.2, 0.25) is 0 Å². The number of hydrogen-bond donors (Lipinski definition) is 1. The number of ether oxygens (including phenoxy) is 1. The molecule has 26 heavy (non-hydrogen) atoms. The average molecular weight is 344 g/mol. The zero-order valence-corrected chi connectivity index (χ0v) is 14.6. The Bertz CT molecular complexity index is 888. The first-order valence-electron chi connectivity index (χ1n) is 8.38. The van der Waals surface area contributed by atoms with Crippen LogP contribution in [0.4, 0.5) is 0 Å². The molecule has 0 bridgehead atoms. The maximum absolute atomic E-state index is 12.0. The summed E-state index contributed by atoms with van der Waals surface area (Å²) in [7, 11) is 0. The lowest BCUT2D eigenvalue weighted by molar-refractivity contribution is -0.123. The van der Waals surface area contributed by atoms with E-state index in [1.54, 1.807) is 6.21 Å². The van der Waals surface area contributed by atoms with Gasteiger partial charge in [-0.1, -0.05) is 78.4 Å². The lowest BCUT2D eigenvalue weighted by Gasteiger charge is -2.10. The van der Waals surface area contributed by atoms with Crippen molar-refractivity contribution >= 4 is 12.1 Å². The molecule has 0 unspecified atom stereocenters. The number of carbonyl (C=O) groups is 1. The van der Waals surface area contributed by atoms with Gasteiger partial charge in [0.2, 0.25) is 0 Å². The number of aryl methyl sites for hydroxylation is 1. The van der Waals surface area contributed by atoms with Gasteiger partial charge in [-0.2, -0.15) is 5.10 Å². The second kappa shape index (κ2) is 8.62. The molecule has 130 valence electrons. The van der Waals surface area contributed by atoms with E-state index in [0.717, 1.165) is 16.7 Å². The molecule has 1 amide bonds. The Hall–Kier alpha value is -3.40. The van der Waals surface area contributed by atoms with Crippen LogP contribution in [-0.2, 0) is 4.79 Å². The van der Waals surface area contributed by atoms with Gasteiger partial charge >= 0.3 is 0 Å². The van der Waals surface area contributed by atoms with Gasteiger partial charge in [-0.15, -0.1) is 0 Å². The van der Waals surface area contributed by atoms with Crippen LogP contribution in [0.25, 0.3) is 11.1 Å². The Kier molecular flexibility index (Phi) is 5.78. The maximum atomic E-state index is 12.0. The first kappa shape index (κ1) is 17.4. The number of hydrazone groups is 1. The molecule has 3 aromatic rings. The molecule has 0 fully saturated rings. The minimum absolute atomic E-state index is 0.102. The van der Waals surface area contributed by atoms with Crippen molar-refractivity contribution in [3.8, 4) is 16.9 Å². The largest absolute Gasteiger partial charge is 0.483 e. The molecule has 0 atom stereocenters. The molecule has 0 aliphatic rings. The highest BCUT2D eigenvalue weighted by Gasteiger charge is 2.07. The fraction of sp³-hybridized carbons (Fsp3) is 0.0909. The minimum atomic E-state index is -0.309. The summed E-state index contributed by atoms with van der Waals surface area (Å²) in [6.45, 7) is 1.92. The van der Waals surface area contributed by atoms with E-state index in [1.165, 1.54) is 5.56 Å². The average Bonchev–Trinajstić information content (AvgIpc) is 2.69. The molecule has 0 heterocycles. The van der Waals surface area contributed by atoms with Gasteiger partial charge in [-0.3, -0.25) is 4.79 Å². The highest BCUT2D eigenvalue weighted by atomic mass is 16.5. The minimum Gasteiger partial charge on any atom is -0.483 e. The van der Waals surface area contributed by atoms with Crippen molar-refractivity contribution in [2.45, 2.75) is 6.92 Å². The van der Waals surface area contributed by atoms with Gasteiger partial charge < -0.3 is 4.74 Å². The van der Waals surface area contributed by atoms with Crippen molar-refractivity contribution in [3.05, 3.63) is 90.0 Å². The molecule has 3 rings (SSSR count). The van der Waals surface area contributed by atoms with Crippen molar-refractivity contribution in [1.82, 2.24) is 5.43 Å². The second-order valence-electron chi connectivity index (χ2n) is 5.85. The quantitative estimate of drug-likeness (QED) is 0.538. The first-order chi connectivity index (χ1) is 12.7. The molecular formula is C22H20N2O2. The number of nitrogens with one attached hydrogen (secondary N) is 1. The van der Waals surface area contributed by atoms with Gasteiger partial charge in [0.15, 0.2) is 6.61 Å². The van der Waals surface area contributed by atoms with Crippen molar-refractivity contribution < 1.29 is 9.53 Å². The second-order valence-corrected chi connectivity index (χ2v) is 5.85. The highest BCUT2D eigenvalue weighted by molar-refractivity contribution is 5.83. The van der Waals surface area contributed by atoms with E-state index in [4.69, 9.17) is 4.74 Å². The molecule has 0 saturated carbocycles. The summed E-state index contributed by atoms with van der Waals surface area (Å²) >= 11 is 0. The third-order valence-corrected chi connectivity index (χ3v) is 3.81. The molecule has 0 aromatic heterocycles. The molecular weight excluding hydrogens is 324 g/mol. The molecule has 0 saturated heterocycles. The molecule has 0 spiro atoms. The van der Waals surface area contributed by atoms with Gasteiger partial charge in [0.1, 0.15) is 5.75 Å². The molecule has 0 aliphatic heterocycles. The molecule has 0 aliphatic carbocycles. The lowest BCUT2D eigenvalue weighted by Crippen LogP contribution is -2.24. The highest BCUT2D eigenvalue weighted by Crippen LogP contribution is 2.29. The van der Waals surface area contributed by atoms with E-state index < -0.39 is 0 Å². The van der Waals surface area contributed by atoms with E-state index in [9.17, 15) is 4.79 Å². The Labute approximate surface area is 153 Å². The molecule has 1 N–H and O–H groups in total. The van der Waals surface area contributed by atoms with E-state index in [0.29, 0.717) is 5.75 Å². The van der Waals surface area contributed by atoms with Crippen LogP contribution in [0.3, 0.4) is 0 Å². The predicted molar refractivity (Wildman–Crippen MR) is 104 cm³/mol. The number of amides is 1. The summed E-state index contributed by atoms with van der Waals surface area (Å²) in [5.74, 6) is 0.354. The zero-order valence-electron chi connectivity index (χ0n) is 14.6. The Balaban J connectivity index is 1.57. The summed E-state index contributed by atoms with van der Waals surface area (Å²) in [6, 6.07) is 25.4. The maximum Gasteiger partial charge on any atom is 0.277 e. The van der Waals surface area contributed by atoms with Crippen LogP contribution in [-0.4, -0.2) is 18.7 Å². The number of carbonyl (C=O) groups excluding carboxylic acids is 1. The zero-order chi connectivity index (χ0) is 18.2. The molecule has 3 aromatic carbocycles. The fourth-order valence-corrected chi connectivity index (χ4v) is 2.46. The smallest absolute Gasteiger partial charge is 0.277 e. The van der Waals surface area contributed by atoms with Crippen molar-refractivity contribution in [2.75, 3.05) is 6.61 Å². The third-order valence-electron chi connectivity index (χ3n) is 3.81. The van der Waals surface area contributed by atoms with Crippen LogP contribution in [0.15, 0.2) is 84.0 Å². The Morgan fingerprint density at radius 2 is 1.65 bits per heavy atom. The summed E-state index contributed by atoms with van der Waals surface area (Å²) in [4.78, 5) is 12.0. The topological polar surface area (TPSA) is 50.7 Å². The number of rotatable bonds is 6. The van der Waals surface area contributed by atoms with Crippen LogP contribution < -0.4 is 10.2 Å². The summed E-state index contributed by atoms with van der Waals surface area (Å²) in [5.41, 5.74) is 6.57. The first-order valence-corrected chi connectivity index (χ1v) is 8.38. The summed E-state index contributed by atoms with van der Waals surface area (Å²) in [5, 5.41) is 3.96. The normalized spacial score (nSPS) is 10.7. The molecule has 4 nitrogen and oxygen atoms in total. The third kappa shape index (κ3) is 4.80. The van der Waals surface area contributed by atoms with Gasteiger partial charge in [0, 0.05) is 5.56 Å². The summed E-state index contributed by atoms with van der Waals surface area (Å²) < 4.78 is 5.69. The van der Waals surface area contributed by atoms with Crippen LogP contribution in [0.5, 0.6) is 5.75 Å². The molecule has 0 radical (unpaired) electrons. The number of hydrogen-bond acceptors (Lipinski definition) is 3. The number of benzene rings is 3. The van der Waals surface area contributed by atoms with Gasteiger partial charge in [-0.05, 0) is 24.1 Å². The summed E-state index contributed by atoms with van der Waals surface area (Å²) in [6.07, 6.45) is 1.61. The van der Waals surface area contributed by atoms with E-state index in [1.807, 2.05) is 85.8 Å². The number of nitrogens with zero attached hydrogens (tertiary/aromatic N) is 1. The van der Waals surface area contributed by atoms with E-state index >= 15 is 0 Å². The monoisotopic (exact) mass is 344 g/mol. The number of para-hydroxylation sites is 1. The molecule has 4 heteroatoms. The van der Waals surface area contributed by atoms with Gasteiger partial charge in [0.25, 0.3) is 5.91 Å². The Morgan fingerprint density at radius 1 is 0.962 bits per heavy atom.